The summed E-state index contributed by atoms with van der Waals surface area (Å²) in [6.45, 7) is 10.1. The van der Waals surface area contributed by atoms with Crippen LogP contribution in [0.4, 0.5) is 0 Å². The average molecular weight is 289 g/mol. The molecular formula is C17H27N3O. The molecule has 0 fully saturated rings. The van der Waals surface area contributed by atoms with E-state index in [1.165, 1.54) is 0 Å². The van der Waals surface area contributed by atoms with Crippen molar-refractivity contribution < 1.29 is 4.42 Å². The monoisotopic (exact) mass is 289 g/mol. The Labute approximate surface area is 127 Å². The smallest absolute Gasteiger partial charge is 0.133 e. The zero-order chi connectivity index (χ0) is 15.4. The van der Waals surface area contributed by atoms with Crippen LogP contribution in [0.5, 0.6) is 0 Å². The minimum absolute atomic E-state index is 0.000000000000000666. The van der Waals surface area contributed by atoms with Crippen molar-refractivity contribution in [2.24, 2.45) is 24.8 Å². The molecule has 0 saturated heterocycles. The molecule has 4 heteroatoms. The summed E-state index contributed by atoms with van der Waals surface area (Å²) >= 11 is 0. The Morgan fingerprint density at radius 1 is 1.24 bits per heavy atom. The number of aryl methyl sites for hydroxylation is 1. The maximum Gasteiger partial charge on any atom is 0.133 e. The summed E-state index contributed by atoms with van der Waals surface area (Å²) in [4.78, 5) is 4.48. The van der Waals surface area contributed by atoms with Crippen molar-refractivity contribution in [2.75, 3.05) is 6.54 Å². The van der Waals surface area contributed by atoms with Crippen LogP contribution in [-0.2, 0) is 7.05 Å². The SMILES string of the molecule is CC(C)C(CNC(c1ccco1)c1nccn1C)C(C)C. The molecular weight excluding hydrogens is 262 g/mol. The molecule has 0 aliphatic heterocycles. The third-order valence-electron chi connectivity index (χ3n) is 4.21. The van der Waals surface area contributed by atoms with Crippen LogP contribution in [0.2, 0.25) is 0 Å². The molecule has 2 aromatic rings. The third-order valence-corrected chi connectivity index (χ3v) is 4.21. The first-order chi connectivity index (χ1) is 10.0. The summed E-state index contributed by atoms with van der Waals surface area (Å²) < 4.78 is 7.65. The van der Waals surface area contributed by atoms with Gasteiger partial charge in [-0.05, 0) is 36.4 Å². The number of imidazole rings is 1. The average Bonchev–Trinajstić information content (AvgIpc) is 3.05. The summed E-state index contributed by atoms with van der Waals surface area (Å²) in [6, 6.07) is 3.93. The first kappa shape index (κ1) is 15.8. The standard InChI is InChI=1S/C17H27N3O/c1-12(2)14(13(3)4)11-19-16(15-7-6-10-21-15)17-18-8-9-20(17)5/h6-10,12-14,16,19H,11H2,1-5H3. The van der Waals surface area contributed by atoms with Crippen LogP contribution in [0.25, 0.3) is 0 Å². The molecule has 4 nitrogen and oxygen atoms in total. The van der Waals surface area contributed by atoms with E-state index in [0.29, 0.717) is 17.8 Å². The van der Waals surface area contributed by atoms with E-state index < -0.39 is 0 Å². The second-order valence-corrected chi connectivity index (χ2v) is 6.40. The van der Waals surface area contributed by atoms with Crippen LogP contribution in [0.15, 0.2) is 35.2 Å². The summed E-state index contributed by atoms with van der Waals surface area (Å²) in [6.07, 6.45) is 5.51. The molecule has 2 rings (SSSR count). The van der Waals surface area contributed by atoms with Gasteiger partial charge in [-0.25, -0.2) is 4.98 Å². The maximum absolute atomic E-state index is 5.61. The fourth-order valence-electron chi connectivity index (χ4n) is 2.93. The Balaban J connectivity index is 2.16. The lowest BCUT2D eigenvalue weighted by Gasteiger charge is -2.27. The Morgan fingerprint density at radius 3 is 2.43 bits per heavy atom. The first-order valence-corrected chi connectivity index (χ1v) is 7.74. The van der Waals surface area contributed by atoms with E-state index in [1.807, 2.05) is 36.1 Å². The van der Waals surface area contributed by atoms with Gasteiger partial charge in [0.2, 0.25) is 0 Å². The summed E-state index contributed by atoms with van der Waals surface area (Å²) in [7, 11) is 2.02. The Morgan fingerprint density at radius 2 is 1.95 bits per heavy atom. The fraction of sp³-hybridized carbons (Fsp3) is 0.588. The molecule has 2 aromatic heterocycles. The van der Waals surface area contributed by atoms with Gasteiger partial charge in [-0.3, -0.25) is 0 Å². The van der Waals surface area contributed by atoms with Crippen molar-refractivity contribution >= 4 is 0 Å². The van der Waals surface area contributed by atoms with Gasteiger partial charge in [0.1, 0.15) is 17.6 Å². The summed E-state index contributed by atoms with van der Waals surface area (Å²) in [5.41, 5.74) is 0. The van der Waals surface area contributed by atoms with Gasteiger partial charge < -0.3 is 14.3 Å². The van der Waals surface area contributed by atoms with Crippen LogP contribution in [0, 0.1) is 17.8 Å². The number of aromatic nitrogens is 2. The van der Waals surface area contributed by atoms with Crippen molar-refractivity contribution in [3.05, 3.63) is 42.4 Å². The zero-order valence-electron chi connectivity index (χ0n) is 13.7. The number of nitrogens with zero attached hydrogens (tertiary/aromatic N) is 2. The van der Waals surface area contributed by atoms with Crippen molar-refractivity contribution in [1.29, 1.82) is 0 Å². The van der Waals surface area contributed by atoms with E-state index in [1.54, 1.807) is 6.26 Å². The van der Waals surface area contributed by atoms with Crippen LogP contribution in [0.3, 0.4) is 0 Å². The van der Waals surface area contributed by atoms with Gasteiger partial charge in [0.15, 0.2) is 0 Å². The summed E-state index contributed by atoms with van der Waals surface area (Å²) in [5.74, 6) is 3.82. The van der Waals surface area contributed by atoms with Crippen molar-refractivity contribution in [3.63, 3.8) is 0 Å². The van der Waals surface area contributed by atoms with Gasteiger partial charge in [-0.15, -0.1) is 0 Å². The van der Waals surface area contributed by atoms with E-state index in [4.69, 9.17) is 4.42 Å². The lowest BCUT2D eigenvalue weighted by atomic mass is 9.85. The van der Waals surface area contributed by atoms with E-state index in [-0.39, 0.29) is 6.04 Å². The number of nitrogens with one attached hydrogen (secondary N) is 1. The molecule has 2 heterocycles. The largest absolute Gasteiger partial charge is 0.467 e. The molecule has 0 aliphatic rings. The van der Waals surface area contributed by atoms with Crippen LogP contribution in [0.1, 0.15) is 45.3 Å². The van der Waals surface area contributed by atoms with Gasteiger partial charge >= 0.3 is 0 Å². The highest BCUT2D eigenvalue weighted by atomic mass is 16.3. The van der Waals surface area contributed by atoms with Crippen LogP contribution in [-0.4, -0.2) is 16.1 Å². The third kappa shape index (κ3) is 3.76. The highest BCUT2D eigenvalue weighted by Gasteiger charge is 2.24. The van der Waals surface area contributed by atoms with E-state index in [2.05, 4.69) is 38.0 Å². The molecule has 0 amide bonds. The predicted octanol–water partition coefficient (Wildman–Crippen LogP) is 3.62. The zero-order valence-corrected chi connectivity index (χ0v) is 13.7. The molecule has 21 heavy (non-hydrogen) atoms. The molecule has 1 atom stereocenters. The van der Waals surface area contributed by atoms with Gasteiger partial charge in [0.25, 0.3) is 0 Å². The minimum atomic E-state index is -0.000000000000000666. The highest BCUT2D eigenvalue weighted by molar-refractivity contribution is 5.15. The van der Waals surface area contributed by atoms with Gasteiger partial charge in [-0.2, -0.15) is 0 Å². The predicted molar refractivity (Wildman–Crippen MR) is 84.9 cm³/mol. The molecule has 1 unspecified atom stereocenters. The van der Waals surface area contributed by atoms with E-state index in [9.17, 15) is 0 Å². The van der Waals surface area contributed by atoms with E-state index in [0.717, 1.165) is 18.1 Å². The van der Waals surface area contributed by atoms with Gasteiger partial charge in [-0.1, -0.05) is 27.7 Å². The topological polar surface area (TPSA) is 43.0 Å². The Kier molecular flexibility index (Phi) is 5.23. The molecule has 0 aliphatic carbocycles. The van der Waals surface area contributed by atoms with Crippen LogP contribution < -0.4 is 5.32 Å². The van der Waals surface area contributed by atoms with Crippen molar-refractivity contribution in [1.82, 2.24) is 14.9 Å². The second kappa shape index (κ2) is 6.94. The molecule has 0 radical (unpaired) electrons. The molecule has 0 aromatic carbocycles. The number of hydrogen-bond donors (Lipinski definition) is 1. The molecule has 0 bridgehead atoms. The molecule has 1 N–H and O–H groups in total. The first-order valence-electron chi connectivity index (χ1n) is 7.74. The number of furan rings is 1. The maximum atomic E-state index is 5.61. The lowest BCUT2D eigenvalue weighted by molar-refractivity contribution is 0.263. The molecule has 0 saturated carbocycles. The van der Waals surface area contributed by atoms with Crippen molar-refractivity contribution in [2.45, 2.75) is 33.7 Å². The van der Waals surface area contributed by atoms with E-state index >= 15 is 0 Å². The Bertz CT molecular complexity index is 520. The fourth-order valence-corrected chi connectivity index (χ4v) is 2.93. The second-order valence-electron chi connectivity index (χ2n) is 6.40. The van der Waals surface area contributed by atoms with Crippen molar-refractivity contribution in [3.8, 4) is 0 Å². The lowest BCUT2D eigenvalue weighted by Crippen LogP contribution is -2.34. The minimum Gasteiger partial charge on any atom is -0.467 e. The quantitative estimate of drug-likeness (QED) is 0.846. The normalized spacial score (nSPS) is 13.5. The molecule has 116 valence electrons. The molecule has 0 spiro atoms. The van der Waals surface area contributed by atoms with Crippen LogP contribution >= 0.6 is 0 Å². The van der Waals surface area contributed by atoms with Gasteiger partial charge in [0.05, 0.1) is 6.26 Å². The Hall–Kier alpha value is -1.55. The number of rotatable bonds is 7. The van der Waals surface area contributed by atoms with Gasteiger partial charge in [0, 0.05) is 19.4 Å². The highest BCUT2D eigenvalue weighted by Crippen LogP contribution is 2.24. The number of hydrogen-bond acceptors (Lipinski definition) is 3. The summed E-state index contributed by atoms with van der Waals surface area (Å²) in [5, 5.41) is 3.65.